The van der Waals surface area contributed by atoms with E-state index in [4.69, 9.17) is 0 Å². The Kier molecular flexibility index (Phi) is 5.50. The molecule has 104 valence electrons. The van der Waals surface area contributed by atoms with Crippen molar-refractivity contribution in [1.29, 1.82) is 0 Å². The molecule has 1 aromatic rings. The third kappa shape index (κ3) is 3.48. The number of carbonyl (C=O) groups excluding carboxylic acids is 3. The minimum Gasteiger partial charge on any atom is -0.684 e. The molecule has 1 saturated heterocycles. The van der Waals surface area contributed by atoms with Crippen LogP contribution in [-0.4, -0.2) is 23.8 Å². The van der Waals surface area contributed by atoms with E-state index in [0.29, 0.717) is 0 Å². The molecule has 1 aliphatic heterocycles. The normalized spacial score (nSPS) is 18.0. The van der Waals surface area contributed by atoms with Crippen LogP contribution in [0.1, 0.15) is 23.2 Å². The predicted molar refractivity (Wildman–Crippen MR) is 59.1 cm³/mol. The zero-order valence-corrected chi connectivity index (χ0v) is 12.9. The van der Waals surface area contributed by atoms with Crippen molar-refractivity contribution in [2.75, 3.05) is 0 Å². The molecule has 8 heteroatoms. The molecule has 0 saturated carbocycles. The Hall–Kier alpha value is -1.62. The Morgan fingerprint density at radius 2 is 2.10 bits per heavy atom. The van der Waals surface area contributed by atoms with E-state index in [1.54, 1.807) is 0 Å². The molecule has 1 atom stereocenters. The van der Waals surface area contributed by atoms with E-state index in [-0.39, 0.29) is 33.9 Å². The largest absolute Gasteiger partial charge is 2.00 e. The standard InChI is InChI=1S/C12H9F2N2O3.W/c13-7-3-1-2-6(10(7)14)11(18)15-8-4-5-9(17)16-12(8)19;/h1,3,8H,4-5H2,(H2,15,16,17,18,19);/q-1;+2/p-1. The maximum absolute atomic E-state index is 13.3. The molecular weight excluding hydrogens is 442 g/mol. The van der Waals surface area contributed by atoms with E-state index < -0.39 is 41.0 Å². The van der Waals surface area contributed by atoms with E-state index >= 15 is 0 Å². The van der Waals surface area contributed by atoms with Crippen LogP contribution < -0.4 is 5.32 Å². The fraction of sp³-hybridized carbons (Fsp3) is 0.250. The van der Waals surface area contributed by atoms with Gasteiger partial charge in [0.25, 0.3) is 0 Å². The van der Waals surface area contributed by atoms with Crippen LogP contribution in [0.2, 0.25) is 0 Å². The van der Waals surface area contributed by atoms with Crippen LogP contribution in [0.3, 0.4) is 0 Å². The molecule has 20 heavy (non-hydrogen) atoms. The smallest absolute Gasteiger partial charge is 0.684 e. The number of hydrogen-bond acceptors (Lipinski definition) is 3. The molecule has 1 aromatic carbocycles. The second-order valence-electron chi connectivity index (χ2n) is 3.92. The molecule has 1 unspecified atom stereocenters. The van der Waals surface area contributed by atoms with Gasteiger partial charge in [0.05, 0.1) is 11.6 Å². The molecule has 2 rings (SSSR count). The van der Waals surface area contributed by atoms with Gasteiger partial charge in [-0.3, -0.25) is 19.3 Å². The predicted octanol–water partition coefficient (Wildman–Crippen LogP) is 1.08. The number of rotatable bonds is 2. The van der Waals surface area contributed by atoms with Crippen molar-refractivity contribution in [2.24, 2.45) is 0 Å². The summed E-state index contributed by atoms with van der Waals surface area (Å²) in [7, 11) is 0. The summed E-state index contributed by atoms with van der Waals surface area (Å²) in [6, 6.07) is 3.03. The number of halogens is 2. The van der Waals surface area contributed by atoms with Crippen LogP contribution in [0.4, 0.5) is 8.78 Å². The number of carbonyl (C=O) groups is 3. The van der Waals surface area contributed by atoms with Gasteiger partial charge in [-0.05, 0) is 18.4 Å². The van der Waals surface area contributed by atoms with Crippen LogP contribution in [0, 0.1) is 17.7 Å². The van der Waals surface area contributed by atoms with Gasteiger partial charge in [0.1, 0.15) is 0 Å². The van der Waals surface area contributed by atoms with Crippen LogP contribution in [0.15, 0.2) is 12.1 Å². The molecule has 1 N–H and O–H groups in total. The van der Waals surface area contributed by atoms with Gasteiger partial charge >= 0.3 is 21.1 Å². The molecule has 0 aliphatic carbocycles. The Balaban J connectivity index is 0.00000200. The van der Waals surface area contributed by atoms with Gasteiger partial charge in [-0.1, -0.05) is 5.56 Å². The maximum Gasteiger partial charge on any atom is 2.00 e. The molecular formula is C12H8F2N2O3W. The van der Waals surface area contributed by atoms with E-state index in [1.807, 2.05) is 5.32 Å². The van der Waals surface area contributed by atoms with Crippen molar-refractivity contribution >= 4 is 17.7 Å². The molecule has 1 fully saturated rings. The number of benzene rings is 1. The van der Waals surface area contributed by atoms with Crippen LogP contribution in [0.5, 0.6) is 0 Å². The van der Waals surface area contributed by atoms with Gasteiger partial charge in [0.2, 0.25) is 11.8 Å². The fourth-order valence-electron chi connectivity index (χ4n) is 1.62. The van der Waals surface area contributed by atoms with Gasteiger partial charge in [-0.2, -0.15) is 0 Å². The average molecular weight is 450 g/mol. The zero-order chi connectivity index (χ0) is 14.0. The summed E-state index contributed by atoms with van der Waals surface area (Å²) in [4.78, 5) is 33.9. The molecule has 0 bridgehead atoms. The second kappa shape index (κ2) is 6.70. The summed E-state index contributed by atoms with van der Waals surface area (Å²) in [6.07, 6.45) is 0.107. The van der Waals surface area contributed by atoms with Crippen molar-refractivity contribution < 1.29 is 44.2 Å². The van der Waals surface area contributed by atoms with Crippen LogP contribution in [-0.2, 0) is 30.7 Å². The number of hydrogen-bond donors (Lipinski definition) is 1. The number of amides is 3. The first kappa shape index (κ1) is 16.4. The van der Waals surface area contributed by atoms with Crippen molar-refractivity contribution in [1.82, 2.24) is 5.32 Å². The summed E-state index contributed by atoms with van der Waals surface area (Å²) in [5.74, 6) is -4.80. The van der Waals surface area contributed by atoms with E-state index in [2.05, 4.69) is 11.4 Å². The Morgan fingerprint density at radius 3 is 2.75 bits per heavy atom. The third-order valence-electron chi connectivity index (χ3n) is 2.58. The van der Waals surface area contributed by atoms with Crippen LogP contribution in [0.25, 0.3) is 5.32 Å². The van der Waals surface area contributed by atoms with E-state index in [0.717, 1.165) is 12.1 Å². The van der Waals surface area contributed by atoms with Gasteiger partial charge in [-0.25, -0.2) is 4.39 Å². The van der Waals surface area contributed by atoms with Gasteiger partial charge < -0.3 is 10.1 Å². The molecule has 1 heterocycles. The molecule has 5 nitrogen and oxygen atoms in total. The topological polar surface area (TPSA) is 77.3 Å². The van der Waals surface area contributed by atoms with Crippen molar-refractivity contribution in [3.63, 3.8) is 0 Å². The fourth-order valence-corrected chi connectivity index (χ4v) is 1.62. The third-order valence-corrected chi connectivity index (χ3v) is 2.58. The molecule has 0 spiro atoms. The van der Waals surface area contributed by atoms with Gasteiger partial charge in [-0.15, -0.1) is 18.2 Å². The zero-order valence-electron chi connectivity index (χ0n) is 9.98. The van der Waals surface area contributed by atoms with Crippen molar-refractivity contribution in [3.05, 3.63) is 40.7 Å². The first-order valence-corrected chi connectivity index (χ1v) is 5.43. The van der Waals surface area contributed by atoms with E-state index in [1.165, 1.54) is 0 Å². The first-order chi connectivity index (χ1) is 8.99. The second-order valence-corrected chi connectivity index (χ2v) is 3.92. The number of nitrogens with zero attached hydrogens (tertiary/aromatic N) is 1. The molecule has 0 aromatic heterocycles. The van der Waals surface area contributed by atoms with Gasteiger partial charge in [0, 0.05) is 6.42 Å². The number of nitrogens with one attached hydrogen (secondary N) is 1. The summed E-state index contributed by atoms with van der Waals surface area (Å²) < 4.78 is 26.3. The number of piperidine rings is 1. The quantitative estimate of drug-likeness (QED) is 0.542. The summed E-state index contributed by atoms with van der Waals surface area (Å²) in [5, 5.41) is 5.49. The monoisotopic (exact) mass is 450 g/mol. The Bertz CT molecular complexity index is 566. The molecule has 3 amide bonds. The minimum atomic E-state index is -1.36. The average Bonchev–Trinajstić information content (AvgIpc) is 2.36. The summed E-state index contributed by atoms with van der Waals surface area (Å²) in [6.45, 7) is 0. The SMILES string of the molecule is O=C1CCC([N-]C(=O)c2[c-]ccc(F)c2F)C(=O)N1.[W+2]. The van der Waals surface area contributed by atoms with E-state index in [9.17, 15) is 23.2 Å². The summed E-state index contributed by atoms with van der Waals surface area (Å²) in [5.41, 5.74) is -0.662. The van der Waals surface area contributed by atoms with Crippen molar-refractivity contribution in [3.8, 4) is 0 Å². The Morgan fingerprint density at radius 1 is 1.40 bits per heavy atom. The number of imide groups is 1. The molecule has 0 radical (unpaired) electrons. The summed E-state index contributed by atoms with van der Waals surface area (Å²) >= 11 is 0. The molecule has 1 aliphatic rings. The maximum atomic E-state index is 13.3. The van der Waals surface area contributed by atoms with Crippen LogP contribution >= 0.6 is 0 Å². The Labute approximate surface area is 127 Å². The van der Waals surface area contributed by atoms with Gasteiger partial charge in [0.15, 0.2) is 0 Å². The van der Waals surface area contributed by atoms with Crippen molar-refractivity contribution in [2.45, 2.75) is 18.9 Å². The minimum absolute atomic E-state index is 0. The first-order valence-electron chi connectivity index (χ1n) is 5.43.